The number of carbonyl (C=O) groups excluding carboxylic acids is 1. The summed E-state index contributed by atoms with van der Waals surface area (Å²) in [5.41, 5.74) is 1.61. The van der Waals surface area contributed by atoms with Crippen LogP contribution in [-0.4, -0.2) is 47.3 Å². The topological polar surface area (TPSA) is 67.5 Å². The monoisotopic (exact) mass is 419 g/mol. The minimum atomic E-state index is -0.933. The molecule has 1 aromatic heterocycles. The summed E-state index contributed by atoms with van der Waals surface area (Å²) >= 11 is 0. The number of H-pyrrole nitrogens is 1. The molecule has 2 heterocycles. The minimum absolute atomic E-state index is 0.214. The highest BCUT2D eigenvalue weighted by Gasteiger charge is 2.29. The van der Waals surface area contributed by atoms with Crippen molar-refractivity contribution < 1.29 is 23.0 Å². The summed E-state index contributed by atoms with van der Waals surface area (Å²) in [5.74, 6) is -0.807. The molecule has 1 N–H and O–H groups in total. The predicted octanol–water partition coefficient (Wildman–Crippen LogP) is 3.79. The SMILES string of the molecule is O=C(CC1CCCC1)N1CCO[C@@H](c2cc(CCOc3ccc(F)c(F)c3)[nH]n2)C1. The molecule has 2 aliphatic rings. The number of aromatic amines is 1. The van der Waals surface area contributed by atoms with Gasteiger partial charge in [-0.25, -0.2) is 8.78 Å². The molecule has 2 aromatic rings. The third-order valence-electron chi connectivity index (χ3n) is 5.87. The maximum absolute atomic E-state index is 13.2. The van der Waals surface area contributed by atoms with Crippen LogP contribution >= 0.6 is 0 Å². The standard InChI is InChI=1S/C22H27F2N3O3/c23-18-6-5-17(13-19(18)24)29-9-7-16-12-20(26-25-16)21-14-27(8-10-30-21)22(28)11-15-3-1-2-4-15/h5-6,12-13,15,21H,1-4,7-11,14H2,(H,25,26)/t21-/m1/s1. The molecule has 1 amide bonds. The number of aromatic nitrogens is 2. The van der Waals surface area contributed by atoms with Crippen molar-refractivity contribution in [1.29, 1.82) is 0 Å². The van der Waals surface area contributed by atoms with Crippen LogP contribution in [0.4, 0.5) is 8.78 Å². The summed E-state index contributed by atoms with van der Waals surface area (Å²) in [6.07, 6.45) is 5.72. The zero-order valence-electron chi connectivity index (χ0n) is 16.9. The maximum Gasteiger partial charge on any atom is 0.223 e. The molecule has 8 heteroatoms. The summed E-state index contributed by atoms with van der Waals surface area (Å²) in [5, 5.41) is 7.30. The van der Waals surface area contributed by atoms with Gasteiger partial charge in [0.1, 0.15) is 11.9 Å². The summed E-state index contributed by atoms with van der Waals surface area (Å²) in [6.45, 7) is 1.94. The van der Waals surface area contributed by atoms with Gasteiger partial charge in [-0.05, 0) is 37.0 Å². The van der Waals surface area contributed by atoms with E-state index in [2.05, 4.69) is 10.2 Å². The first-order chi connectivity index (χ1) is 14.6. The number of nitrogens with one attached hydrogen (secondary N) is 1. The van der Waals surface area contributed by atoms with Crippen LogP contribution in [0.15, 0.2) is 24.3 Å². The average Bonchev–Trinajstić information content (AvgIpc) is 3.43. The Bertz CT molecular complexity index is 867. The number of amides is 1. The lowest BCUT2D eigenvalue weighted by atomic mass is 10.0. The number of carbonyl (C=O) groups is 1. The van der Waals surface area contributed by atoms with Gasteiger partial charge in [0.25, 0.3) is 0 Å². The molecule has 30 heavy (non-hydrogen) atoms. The molecule has 0 unspecified atom stereocenters. The van der Waals surface area contributed by atoms with Crippen LogP contribution in [0.2, 0.25) is 0 Å². The number of hydrogen-bond donors (Lipinski definition) is 1. The fraction of sp³-hybridized carbons (Fsp3) is 0.545. The second-order valence-corrected chi connectivity index (χ2v) is 8.05. The fourth-order valence-corrected chi connectivity index (χ4v) is 4.16. The van der Waals surface area contributed by atoms with E-state index in [-0.39, 0.29) is 17.8 Å². The van der Waals surface area contributed by atoms with E-state index in [9.17, 15) is 13.6 Å². The summed E-state index contributed by atoms with van der Waals surface area (Å²) in [7, 11) is 0. The third kappa shape index (κ3) is 5.16. The van der Waals surface area contributed by atoms with Crippen molar-refractivity contribution in [1.82, 2.24) is 15.1 Å². The number of ether oxygens (including phenoxy) is 2. The number of halogens is 2. The van der Waals surface area contributed by atoms with Gasteiger partial charge in [-0.3, -0.25) is 9.89 Å². The smallest absolute Gasteiger partial charge is 0.223 e. The van der Waals surface area contributed by atoms with Gasteiger partial charge in [0.05, 0.1) is 25.5 Å². The van der Waals surface area contributed by atoms with Crippen LogP contribution in [0.25, 0.3) is 0 Å². The fourth-order valence-electron chi connectivity index (χ4n) is 4.16. The largest absolute Gasteiger partial charge is 0.493 e. The molecule has 1 atom stereocenters. The van der Waals surface area contributed by atoms with Crippen molar-refractivity contribution in [2.24, 2.45) is 5.92 Å². The Labute approximate surface area is 174 Å². The lowest BCUT2D eigenvalue weighted by Crippen LogP contribution is -2.42. The van der Waals surface area contributed by atoms with E-state index in [4.69, 9.17) is 9.47 Å². The lowest BCUT2D eigenvalue weighted by molar-refractivity contribution is -0.140. The molecule has 1 aromatic carbocycles. The van der Waals surface area contributed by atoms with Gasteiger partial charge in [0.15, 0.2) is 11.6 Å². The van der Waals surface area contributed by atoms with Crippen molar-refractivity contribution in [3.63, 3.8) is 0 Å². The highest BCUT2D eigenvalue weighted by molar-refractivity contribution is 5.76. The minimum Gasteiger partial charge on any atom is -0.493 e. The first-order valence-electron chi connectivity index (χ1n) is 10.6. The highest BCUT2D eigenvalue weighted by atomic mass is 19.2. The number of rotatable bonds is 7. The van der Waals surface area contributed by atoms with Crippen molar-refractivity contribution >= 4 is 5.91 Å². The molecular weight excluding hydrogens is 392 g/mol. The molecule has 2 fully saturated rings. The molecule has 0 radical (unpaired) electrons. The van der Waals surface area contributed by atoms with Gasteiger partial charge in [-0.15, -0.1) is 0 Å². The van der Waals surface area contributed by atoms with Gasteiger partial charge in [0.2, 0.25) is 5.91 Å². The van der Waals surface area contributed by atoms with Crippen LogP contribution < -0.4 is 4.74 Å². The van der Waals surface area contributed by atoms with Crippen molar-refractivity contribution in [2.75, 3.05) is 26.3 Å². The maximum atomic E-state index is 13.2. The van der Waals surface area contributed by atoms with Crippen molar-refractivity contribution in [2.45, 2.75) is 44.6 Å². The molecule has 0 spiro atoms. The van der Waals surface area contributed by atoms with Crippen LogP contribution in [0.1, 0.15) is 49.6 Å². The Balaban J connectivity index is 1.27. The number of hydrogen-bond acceptors (Lipinski definition) is 4. The molecule has 1 aliphatic heterocycles. The molecule has 4 rings (SSSR count). The van der Waals surface area contributed by atoms with Gasteiger partial charge in [-0.2, -0.15) is 5.10 Å². The molecular formula is C22H27F2N3O3. The third-order valence-corrected chi connectivity index (χ3v) is 5.87. The van der Waals surface area contributed by atoms with Gasteiger partial charge in [0, 0.05) is 31.1 Å². The second-order valence-electron chi connectivity index (χ2n) is 8.05. The zero-order valence-corrected chi connectivity index (χ0v) is 16.9. The van der Waals surface area contributed by atoms with E-state index >= 15 is 0 Å². The normalized spacial score (nSPS) is 19.9. The Morgan fingerprint density at radius 3 is 2.87 bits per heavy atom. The van der Waals surface area contributed by atoms with Gasteiger partial charge >= 0.3 is 0 Å². The molecule has 1 saturated heterocycles. The first-order valence-corrected chi connectivity index (χ1v) is 10.6. The van der Waals surface area contributed by atoms with Gasteiger partial charge in [-0.1, -0.05) is 12.8 Å². The number of benzene rings is 1. The summed E-state index contributed by atoms with van der Waals surface area (Å²) in [4.78, 5) is 14.5. The average molecular weight is 419 g/mol. The Morgan fingerprint density at radius 1 is 1.23 bits per heavy atom. The lowest BCUT2D eigenvalue weighted by Gasteiger charge is -2.32. The Kier molecular flexibility index (Phi) is 6.62. The molecule has 1 saturated carbocycles. The predicted molar refractivity (Wildman–Crippen MR) is 106 cm³/mol. The second kappa shape index (κ2) is 9.55. The Morgan fingerprint density at radius 2 is 2.07 bits per heavy atom. The summed E-state index contributed by atoms with van der Waals surface area (Å²) in [6, 6.07) is 5.37. The molecule has 6 nitrogen and oxygen atoms in total. The molecule has 1 aliphatic carbocycles. The molecule has 0 bridgehead atoms. The number of nitrogens with zero attached hydrogens (tertiary/aromatic N) is 2. The quantitative estimate of drug-likeness (QED) is 0.742. The first kappa shape index (κ1) is 20.8. The van der Waals surface area contributed by atoms with Gasteiger partial charge < -0.3 is 14.4 Å². The zero-order chi connectivity index (χ0) is 20.9. The number of morpholine rings is 1. The van der Waals surface area contributed by atoms with E-state index in [0.29, 0.717) is 45.1 Å². The Hall–Kier alpha value is -2.48. The molecule has 162 valence electrons. The van der Waals surface area contributed by atoms with Crippen molar-refractivity contribution in [3.8, 4) is 5.75 Å². The van der Waals surface area contributed by atoms with E-state index in [1.165, 1.54) is 18.9 Å². The van der Waals surface area contributed by atoms with E-state index in [1.54, 1.807) is 0 Å². The van der Waals surface area contributed by atoms with Crippen molar-refractivity contribution in [3.05, 3.63) is 47.3 Å². The van der Waals surface area contributed by atoms with Crippen LogP contribution in [-0.2, 0) is 16.0 Å². The van der Waals surface area contributed by atoms with E-state index in [0.717, 1.165) is 36.4 Å². The van der Waals surface area contributed by atoms with Crippen LogP contribution in [0, 0.1) is 17.6 Å². The van der Waals surface area contributed by atoms with E-state index < -0.39 is 11.6 Å². The van der Waals surface area contributed by atoms with Crippen LogP contribution in [0.3, 0.4) is 0 Å². The highest BCUT2D eigenvalue weighted by Crippen LogP contribution is 2.29. The van der Waals surface area contributed by atoms with E-state index in [1.807, 2.05) is 11.0 Å². The van der Waals surface area contributed by atoms with Crippen LogP contribution in [0.5, 0.6) is 5.75 Å². The summed E-state index contributed by atoms with van der Waals surface area (Å²) < 4.78 is 37.5.